The maximum absolute atomic E-state index is 13.3. The number of carbonyl (C=O) groups is 1. The molecule has 4 rings (SSSR count). The van der Waals surface area contributed by atoms with Gasteiger partial charge in [-0.05, 0) is 34.6 Å². The number of carbonyl (C=O) groups excluding carboxylic acids is 1. The molecule has 0 unspecified atom stereocenters. The molecular weight excluding hydrogens is 416 g/mol. The summed E-state index contributed by atoms with van der Waals surface area (Å²) < 4.78 is 11.4. The Bertz CT molecular complexity index is 1080. The van der Waals surface area contributed by atoms with Gasteiger partial charge in [-0.15, -0.1) is 0 Å². The molecule has 33 heavy (non-hydrogen) atoms. The zero-order chi connectivity index (χ0) is 23.2. The molecule has 2 N–H and O–H groups in total. The summed E-state index contributed by atoms with van der Waals surface area (Å²) in [7, 11) is 0. The summed E-state index contributed by atoms with van der Waals surface area (Å²) in [6.07, 6.45) is 4.58. The molecule has 1 aliphatic rings. The lowest BCUT2D eigenvalue weighted by Crippen LogP contribution is -2.40. The molecule has 0 aliphatic carbocycles. The van der Waals surface area contributed by atoms with Crippen LogP contribution in [-0.4, -0.2) is 47.1 Å². The van der Waals surface area contributed by atoms with E-state index < -0.39 is 0 Å². The third-order valence-corrected chi connectivity index (χ3v) is 5.79. The van der Waals surface area contributed by atoms with E-state index in [4.69, 9.17) is 9.47 Å². The van der Waals surface area contributed by atoms with E-state index >= 15 is 0 Å². The normalized spacial score (nSPS) is 14.3. The average molecular weight is 451 g/mol. The summed E-state index contributed by atoms with van der Waals surface area (Å²) in [5.74, 6) is 1.57. The minimum absolute atomic E-state index is 0.139. The monoisotopic (exact) mass is 450 g/mol. The number of amides is 1. The van der Waals surface area contributed by atoms with E-state index in [-0.39, 0.29) is 11.8 Å². The van der Waals surface area contributed by atoms with Crippen molar-refractivity contribution in [3.8, 4) is 11.6 Å². The van der Waals surface area contributed by atoms with Crippen LogP contribution in [0.2, 0.25) is 0 Å². The van der Waals surface area contributed by atoms with Gasteiger partial charge in [-0.3, -0.25) is 4.79 Å². The molecule has 176 valence electrons. The van der Waals surface area contributed by atoms with E-state index in [0.717, 1.165) is 17.5 Å². The van der Waals surface area contributed by atoms with Crippen molar-refractivity contribution in [3.05, 3.63) is 53.9 Å². The van der Waals surface area contributed by atoms with Gasteiger partial charge < -0.3 is 24.7 Å². The molecule has 0 saturated heterocycles. The maximum atomic E-state index is 13.3. The smallest absolute Gasteiger partial charge is 0.257 e. The van der Waals surface area contributed by atoms with Gasteiger partial charge in [0, 0.05) is 56.4 Å². The second kappa shape index (κ2) is 10.7. The highest BCUT2D eigenvalue weighted by atomic mass is 16.5. The largest absolute Gasteiger partial charge is 0.488 e. The van der Waals surface area contributed by atoms with Crippen LogP contribution in [0.1, 0.15) is 38.3 Å². The predicted molar refractivity (Wildman–Crippen MR) is 129 cm³/mol. The van der Waals surface area contributed by atoms with Gasteiger partial charge in [0.1, 0.15) is 0 Å². The zero-order valence-electron chi connectivity index (χ0n) is 19.8. The Labute approximate surface area is 195 Å². The molecule has 0 fully saturated rings. The third kappa shape index (κ3) is 5.85. The third-order valence-electron chi connectivity index (χ3n) is 5.79. The number of hydrogen-bond acceptors (Lipinski definition) is 5. The van der Waals surface area contributed by atoms with Gasteiger partial charge in [0.05, 0.1) is 13.2 Å². The average Bonchev–Trinajstić information content (AvgIpc) is 3.16. The van der Waals surface area contributed by atoms with Crippen molar-refractivity contribution < 1.29 is 14.3 Å². The Balaban J connectivity index is 1.38. The van der Waals surface area contributed by atoms with Gasteiger partial charge in [0.25, 0.3) is 5.88 Å². The van der Waals surface area contributed by atoms with Crippen LogP contribution in [-0.2, 0) is 17.9 Å². The molecule has 3 aromatic rings. The van der Waals surface area contributed by atoms with Crippen molar-refractivity contribution >= 4 is 16.8 Å². The van der Waals surface area contributed by atoms with E-state index in [0.29, 0.717) is 56.9 Å². The Kier molecular flexibility index (Phi) is 7.50. The van der Waals surface area contributed by atoms with E-state index in [2.05, 4.69) is 53.4 Å². The number of H-pyrrole nitrogens is 1. The lowest BCUT2D eigenvalue weighted by Gasteiger charge is -2.28. The number of fused-ring (bicyclic) bond motifs is 2. The molecule has 1 amide bonds. The van der Waals surface area contributed by atoms with Crippen LogP contribution >= 0.6 is 0 Å². The molecule has 1 aromatic carbocycles. The van der Waals surface area contributed by atoms with Gasteiger partial charge in [-0.1, -0.05) is 39.0 Å². The van der Waals surface area contributed by atoms with Crippen molar-refractivity contribution in [3.63, 3.8) is 0 Å². The molecule has 1 atom stereocenters. The minimum Gasteiger partial charge on any atom is -0.488 e. The molecule has 0 spiro atoms. The maximum Gasteiger partial charge on any atom is 0.257 e. The fourth-order valence-corrected chi connectivity index (χ4v) is 4.19. The molecular formula is C26H34N4O3. The van der Waals surface area contributed by atoms with Gasteiger partial charge in [-0.25, -0.2) is 4.98 Å². The lowest BCUT2D eigenvalue weighted by molar-refractivity contribution is -0.136. The highest BCUT2D eigenvalue weighted by Gasteiger charge is 2.22. The van der Waals surface area contributed by atoms with Crippen LogP contribution in [0.25, 0.3) is 10.9 Å². The molecule has 2 aromatic heterocycles. The summed E-state index contributed by atoms with van der Waals surface area (Å²) in [4.78, 5) is 23.0. The Morgan fingerprint density at radius 1 is 1.21 bits per heavy atom. The van der Waals surface area contributed by atoms with E-state index in [1.165, 1.54) is 10.9 Å². The van der Waals surface area contributed by atoms with Gasteiger partial charge in [0.15, 0.2) is 5.75 Å². The first-order valence-electron chi connectivity index (χ1n) is 11.8. The summed E-state index contributed by atoms with van der Waals surface area (Å²) in [6, 6.07) is 10.3. The first-order chi connectivity index (χ1) is 16.0. The number of nitrogens with zero attached hydrogens (tertiary/aromatic N) is 2. The van der Waals surface area contributed by atoms with Crippen molar-refractivity contribution in [2.24, 2.45) is 11.8 Å². The Morgan fingerprint density at radius 3 is 2.91 bits per heavy atom. The van der Waals surface area contributed by atoms with Crippen LogP contribution in [0.5, 0.6) is 11.6 Å². The van der Waals surface area contributed by atoms with Crippen LogP contribution in [0, 0.1) is 11.8 Å². The molecule has 3 heterocycles. The second-order valence-electron chi connectivity index (χ2n) is 9.20. The zero-order valence-corrected chi connectivity index (χ0v) is 19.8. The first-order valence-corrected chi connectivity index (χ1v) is 11.8. The number of ether oxygens (including phenoxy) is 2. The van der Waals surface area contributed by atoms with Gasteiger partial charge in [0.2, 0.25) is 5.91 Å². The second-order valence-corrected chi connectivity index (χ2v) is 9.20. The number of hydrogen-bond donors (Lipinski definition) is 2. The van der Waals surface area contributed by atoms with Crippen LogP contribution < -0.4 is 14.8 Å². The summed E-state index contributed by atoms with van der Waals surface area (Å²) in [6.45, 7) is 10.0. The predicted octanol–water partition coefficient (Wildman–Crippen LogP) is 4.13. The van der Waals surface area contributed by atoms with Crippen molar-refractivity contribution in [2.75, 3.05) is 26.3 Å². The molecule has 1 aliphatic heterocycles. The van der Waals surface area contributed by atoms with Crippen LogP contribution in [0.15, 0.2) is 42.7 Å². The Morgan fingerprint density at radius 2 is 2.06 bits per heavy atom. The fraction of sp³-hybridized carbons (Fsp3) is 0.462. The number of nitrogens with one attached hydrogen (secondary N) is 2. The molecule has 0 saturated carbocycles. The highest BCUT2D eigenvalue weighted by Crippen LogP contribution is 2.28. The number of aromatic nitrogens is 2. The first kappa shape index (κ1) is 23.1. The van der Waals surface area contributed by atoms with E-state index in [9.17, 15) is 4.79 Å². The van der Waals surface area contributed by atoms with Crippen molar-refractivity contribution in [1.29, 1.82) is 0 Å². The molecule has 7 nitrogen and oxygen atoms in total. The Hall–Kier alpha value is -3.06. The quantitative estimate of drug-likeness (QED) is 0.512. The van der Waals surface area contributed by atoms with E-state index in [1.807, 2.05) is 24.1 Å². The highest BCUT2D eigenvalue weighted by molar-refractivity contribution is 5.82. The molecule has 0 radical (unpaired) electrons. The number of aromatic amines is 1. The fourth-order valence-electron chi connectivity index (χ4n) is 4.19. The number of para-hydroxylation sites is 1. The van der Waals surface area contributed by atoms with E-state index in [1.54, 1.807) is 6.20 Å². The topological polar surface area (TPSA) is 79.5 Å². The molecule has 0 bridgehead atoms. The standard InChI is InChI=1S/C26H34N4O3/c1-18(2)16-30(17-20-12-23-25(29-14-20)33-11-5-10-32-23)26(31)19(3)13-27-15-22-7-4-6-21-8-9-28-24(21)22/h4,6-9,12,14,18-19,27-28H,5,10-11,13,15-17H2,1-3H3/t19-/m1/s1. The number of benzene rings is 1. The lowest BCUT2D eigenvalue weighted by atomic mass is 10.1. The van der Waals surface area contributed by atoms with Gasteiger partial charge >= 0.3 is 0 Å². The van der Waals surface area contributed by atoms with Crippen LogP contribution in [0.4, 0.5) is 0 Å². The number of pyridine rings is 1. The van der Waals surface area contributed by atoms with Crippen molar-refractivity contribution in [1.82, 2.24) is 20.2 Å². The SMILES string of the molecule is CC(C)CN(Cc1cnc2c(c1)OCCCO2)C(=O)[C@H](C)CNCc1cccc2cc[nH]c12. The summed E-state index contributed by atoms with van der Waals surface area (Å²) in [5.41, 5.74) is 3.30. The minimum atomic E-state index is -0.139. The van der Waals surface area contributed by atoms with Crippen molar-refractivity contribution in [2.45, 2.75) is 40.3 Å². The summed E-state index contributed by atoms with van der Waals surface area (Å²) >= 11 is 0. The number of rotatable bonds is 9. The van der Waals surface area contributed by atoms with Crippen LogP contribution in [0.3, 0.4) is 0 Å². The summed E-state index contributed by atoms with van der Waals surface area (Å²) in [5, 5.41) is 4.67. The molecule has 7 heteroatoms. The van der Waals surface area contributed by atoms with Gasteiger partial charge in [-0.2, -0.15) is 0 Å².